The quantitative estimate of drug-likeness (QED) is 0.305. The maximum atomic E-state index is 4.91. The molecule has 4 aromatic heterocycles. The van der Waals surface area contributed by atoms with Gasteiger partial charge in [0, 0.05) is 41.5 Å². The number of pyridine rings is 1. The van der Waals surface area contributed by atoms with E-state index in [9.17, 15) is 0 Å². The summed E-state index contributed by atoms with van der Waals surface area (Å²) in [5, 5.41) is 12.1. The van der Waals surface area contributed by atoms with Gasteiger partial charge in [-0.1, -0.05) is 65.9 Å². The first-order valence-corrected chi connectivity index (χ1v) is 13.7. The number of nitrogens with zero attached hydrogens (tertiary/aromatic N) is 7. The number of fused-ring (bicyclic) bond motifs is 1. The van der Waals surface area contributed by atoms with E-state index in [1.807, 2.05) is 28.2 Å². The molecule has 1 saturated heterocycles. The zero-order valence-electron chi connectivity index (χ0n) is 20.7. The van der Waals surface area contributed by atoms with Crippen molar-refractivity contribution < 1.29 is 0 Å². The van der Waals surface area contributed by atoms with Crippen LogP contribution in [0.3, 0.4) is 0 Å². The average Bonchev–Trinajstić information content (AvgIpc) is 3.72. The van der Waals surface area contributed by atoms with Crippen LogP contribution < -0.4 is 0 Å². The molecule has 0 spiro atoms. The van der Waals surface area contributed by atoms with Gasteiger partial charge in [-0.05, 0) is 43.6 Å². The van der Waals surface area contributed by atoms with Crippen molar-refractivity contribution in [2.75, 3.05) is 13.1 Å². The van der Waals surface area contributed by atoms with Crippen LogP contribution in [-0.4, -0.2) is 52.8 Å². The molecule has 5 heterocycles. The molecular weight excluding hydrogens is 492 g/mol. The molecule has 1 aliphatic rings. The van der Waals surface area contributed by atoms with Crippen LogP contribution in [0.25, 0.3) is 38.9 Å². The predicted octanol–water partition coefficient (Wildman–Crippen LogP) is 5.68. The van der Waals surface area contributed by atoms with E-state index in [0.717, 1.165) is 77.2 Å². The summed E-state index contributed by atoms with van der Waals surface area (Å²) in [6.45, 7) is 3.02. The van der Waals surface area contributed by atoms with Crippen molar-refractivity contribution in [1.29, 1.82) is 0 Å². The molecule has 0 atom stereocenters. The van der Waals surface area contributed by atoms with Crippen LogP contribution >= 0.6 is 11.3 Å². The standard InChI is InChI=1S/C29H26N8S/c1-2-4-22(5-3-1)26-25(32-29-37(26)31-19-38-29)21-8-6-20(7-9-21)18-36-16-12-24(13-17-36)28-33-27(34-35-28)23-10-14-30-15-11-23/h1-11,14-15,19,24H,12-13,16-18H2,(H,33,34,35). The number of hydrogen-bond donors (Lipinski definition) is 1. The van der Waals surface area contributed by atoms with Crippen LogP contribution in [0.4, 0.5) is 0 Å². The highest BCUT2D eigenvalue weighted by Gasteiger charge is 2.24. The van der Waals surface area contributed by atoms with E-state index in [0.29, 0.717) is 5.92 Å². The molecule has 188 valence electrons. The van der Waals surface area contributed by atoms with E-state index in [2.05, 4.69) is 73.7 Å². The smallest absolute Gasteiger partial charge is 0.213 e. The van der Waals surface area contributed by atoms with E-state index in [4.69, 9.17) is 9.97 Å². The minimum Gasteiger partial charge on any atom is -0.299 e. The van der Waals surface area contributed by atoms with Crippen LogP contribution in [0.2, 0.25) is 0 Å². The molecule has 0 amide bonds. The van der Waals surface area contributed by atoms with Gasteiger partial charge in [0.25, 0.3) is 0 Å². The Balaban J connectivity index is 1.03. The third kappa shape index (κ3) is 4.40. The van der Waals surface area contributed by atoms with Crippen LogP contribution in [0.15, 0.2) is 84.6 Å². The van der Waals surface area contributed by atoms with Crippen molar-refractivity contribution in [3.63, 3.8) is 0 Å². The normalized spacial score (nSPS) is 14.8. The number of nitrogens with one attached hydrogen (secondary N) is 1. The Morgan fingerprint density at radius 2 is 1.63 bits per heavy atom. The molecule has 0 aliphatic carbocycles. The number of rotatable bonds is 6. The zero-order chi connectivity index (χ0) is 25.3. The SMILES string of the molecule is c1ccc(-c2c(-c3ccc(CN4CCC(c5nc(-c6ccncc6)n[nH]5)CC4)cc3)nc3scnn23)cc1. The summed E-state index contributed by atoms with van der Waals surface area (Å²) in [5.41, 5.74) is 8.38. The molecule has 8 nitrogen and oxygen atoms in total. The Bertz CT molecular complexity index is 1650. The molecule has 0 bridgehead atoms. The summed E-state index contributed by atoms with van der Waals surface area (Å²) in [5.74, 6) is 2.15. The van der Waals surface area contributed by atoms with Gasteiger partial charge < -0.3 is 0 Å². The Morgan fingerprint density at radius 1 is 0.842 bits per heavy atom. The molecule has 6 aromatic rings. The molecule has 1 aliphatic heterocycles. The highest BCUT2D eigenvalue weighted by atomic mass is 32.1. The first kappa shape index (κ1) is 22.9. The van der Waals surface area contributed by atoms with Crippen molar-refractivity contribution in [2.45, 2.75) is 25.3 Å². The number of likely N-dealkylation sites (tertiary alicyclic amines) is 1. The molecule has 2 aromatic carbocycles. The fourth-order valence-electron chi connectivity index (χ4n) is 5.23. The van der Waals surface area contributed by atoms with E-state index < -0.39 is 0 Å². The van der Waals surface area contributed by atoms with Crippen LogP contribution in [-0.2, 0) is 6.54 Å². The lowest BCUT2D eigenvalue weighted by molar-refractivity contribution is 0.202. The summed E-state index contributed by atoms with van der Waals surface area (Å²) in [6, 6.07) is 23.1. The van der Waals surface area contributed by atoms with E-state index in [1.165, 1.54) is 5.56 Å². The number of aromatic nitrogens is 7. The number of hydrogen-bond acceptors (Lipinski definition) is 7. The summed E-state index contributed by atoms with van der Waals surface area (Å²) in [4.78, 5) is 17.2. The van der Waals surface area contributed by atoms with Crippen LogP contribution in [0, 0.1) is 0 Å². The number of piperidine rings is 1. The van der Waals surface area contributed by atoms with E-state index in [-0.39, 0.29) is 0 Å². The second-order valence-corrected chi connectivity index (χ2v) is 10.4. The zero-order valence-corrected chi connectivity index (χ0v) is 21.6. The van der Waals surface area contributed by atoms with Gasteiger partial charge in [-0.2, -0.15) is 10.2 Å². The fraction of sp³-hybridized carbons (Fsp3) is 0.207. The topological polar surface area (TPSA) is 87.9 Å². The van der Waals surface area contributed by atoms with Gasteiger partial charge in [0.15, 0.2) is 5.82 Å². The molecule has 1 fully saturated rings. The molecule has 0 radical (unpaired) electrons. The largest absolute Gasteiger partial charge is 0.299 e. The first-order chi connectivity index (χ1) is 18.8. The van der Waals surface area contributed by atoms with Gasteiger partial charge in [0.05, 0.1) is 0 Å². The van der Waals surface area contributed by atoms with Gasteiger partial charge in [-0.25, -0.2) is 14.5 Å². The molecule has 1 N–H and O–H groups in total. The van der Waals surface area contributed by atoms with Crippen LogP contribution in [0.5, 0.6) is 0 Å². The van der Waals surface area contributed by atoms with Crippen molar-refractivity contribution in [1.82, 2.24) is 39.7 Å². The minimum absolute atomic E-state index is 0.413. The van der Waals surface area contributed by atoms with Crippen molar-refractivity contribution in [3.8, 4) is 33.9 Å². The minimum atomic E-state index is 0.413. The summed E-state index contributed by atoms with van der Waals surface area (Å²) < 4.78 is 1.95. The van der Waals surface area contributed by atoms with Gasteiger partial charge in [-0.3, -0.25) is 15.0 Å². The summed E-state index contributed by atoms with van der Waals surface area (Å²) in [7, 11) is 0. The maximum Gasteiger partial charge on any atom is 0.213 e. The van der Waals surface area contributed by atoms with E-state index >= 15 is 0 Å². The molecule has 7 rings (SSSR count). The number of imidazole rings is 1. The third-order valence-electron chi connectivity index (χ3n) is 7.24. The Kier molecular flexibility index (Phi) is 5.99. The average molecular weight is 519 g/mol. The Labute approximate surface area is 224 Å². The van der Waals surface area contributed by atoms with Gasteiger partial charge in [0.1, 0.15) is 22.7 Å². The maximum absolute atomic E-state index is 4.91. The fourth-order valence-corrected chi connectivity index (χ4v) is 5.85. The number of H-pyrrole nitrogens is 1. The van der Waals surface area contributed by atoms with E-state index in [1.54, 1.807) is 23.7 Å². The van der Waals surface area contributed by atoms with Gasteiger partial charge >= 0.3 is 0 Å². The lowest BCUT2D eigenvalue weighted by atomic mass is 9.95. The number of benzene rings is 2. The van der Waals surface area contributed by atoms with Gasteiger partial charge in [0.2, 0.25) is 4.96 Å². The lowest BCUT2D eigenvalue weighted by Crippen LogP contribution is -2.32. The van der Waals surface area contributed by atoms with Gasteiger partial charge in [-0.15, -0.1) is 0 Å². The molecule has 9 heteroatoms. The summed E-state index contributed by atoms with van der Waals surface area (Å²) >= 11 is 1.56. The molecular formula is C29H26N8S. The second-order valence-electron chi connectivity index (χ2n) is 9.64. The predicted molar refractivity (Wildman–Crippen MR) is 149 cm³/mol. The molecule has 0 unspecified atom stereocenters. The monoisotopic (exact) mass is 518 g/mol. The first-order valence-electron chi connectivity index (χ1n) is 12.8. The summed E-state index contributed by atoms with van der Waals surface area (Å²) in [6.07, 6.45) is 5.69. The highest BCUT2D eigenvalue weighted by Crippen LogP contribution is 2.34. The molecule has 38 heavy (non-hydrogen) atoms. The number of aromatic amines is 1. The van der Waals surface area contributed by atoms with Crippen molar-refractivity contribution >= 4 is 16.3 Å². The Hall–Kier alpha value is -4.21. The highest BCUT2D eigenvalue weighted by molar-refractivity contribution is 7.14. The van der Waals surface area contributed by atoms with Crippen molar-refractivity contribution in [2.24, 2.45) is 0 Å². The van der Waals surface area contributed by atoms with Crippen LogP contribution in [0.1, 0.15) is 30.1 Å². The van der Waals surface area contributed by atoms with Crippen molar-refractivity contribution in [3.05, 3.63) is 96.0 Å². The molecule has 0 saturated carbocycles. The third-order valence-corrected chi connectivity index (χ3v) is 7.92. The Morgan fingerprint density at radius 3 is 2.42 bits per heavy atom. The second kappa shape index (κ2) is 9.92. The lowest BCUT2D eigenvalue weighted by Gasteiger charge is -2.30.